The zero-order chi connectivity index (χ0) is 30.6. The van der Waals surface area contributed by atoms with Crippen LogP contribution < -0.4 is 16.4 Å². The maximum absolute atomic E-state index is 14.2. The van der Waals surface area contributed by atoms with Crippen LogP contribution in [0.2, 0.25) is 0 Å². The van der Waals surface area contributed by atoms with E-state index in [1.54, 1.807) is 32.6 Å². The standard InChI is InChI=1S/C32H49N5O5.ClH/c1-20(36(5)31(41)42-32(2,3)4)28(38)35-27(22-13-7-6-8-14-22)30(40)37-19-23(33)18-26(37)29(39)34-25-17-11-15-21-12-9-10-16-24(21)25;/h9-10,12,16,20,22-23,25-27H,6-8,11,13-15,17-19,33H2,1-5H3,(H,34,39)(H,35,38);1H. The molecule has 1 aromatic rings. The number of nitrogens with two attached hydrogens (primary N) is 1. The number of carbonyl (C=O) groups excluding carboxylic acids is 4. The zero-order valence-electron chi connectivity index (χ0n) is 26.3. The van der Waals surface area contributed by atoms with Crippen LogP contribution in [-0.4, -0.2) is 77.0 Å². The summed E-state index contributed by atoms with van der Waals surface area (Å²) in [7, 11) is 1.51. The number of likely N-dealkylation sites (N-methyl/N-ethyl adjacent to an activating group) is 1. The predicted octanol–water partition coefficient (Wildman–Crippen LogP) is 3.85. The van der Waals surface area contributed by atoms with Crippen molar-refractivity contribution in [2.75, 3.05) is 13.6 Å². The molecule has 1 saturated carbocycles. The minimum atomic E-state index is -0.856. The maximum atomic E-state index is 14.2. The quantitative estimate of drug-likeness (QED) is 0.424. The number of amides is 4. The molecule has 0 aromatic heterocycles. The van der Waals surface area contributed by atoms with E-state index in [1.807, 2.05) is 12.1 Å². The number of ether oxygens (including phenoxy) is 1. The fraction of sp³-hybridized carbons (Fsp3) is 0.688. The largest absolute Gasteiger partial charge is 0.444 e. The van der Waals surface area contributed by atoms with E-state index < -0.39 is 35.7 Å². The second kappa shape index (κ2) is 14.8. The first-order valence-corrected chi connectivity index (χ1v) is 15.6. The van der Waals surface area contributed by atoms with Crippen LogP contribution >= 0.6 is 12.4 Å². The summed E-state index contributed by atoms with van der Waals surface area (Å²) in [5.74, 6) is -0.972. The number of fused-ring (bicyclic) bond motifs is 1. The summed E-state index contributed by atoms with van der Waals surface area (Å²) in [6.07, 6.45) is 7.24. The van der Waals surface area contributed by atoms with Crippen LogP contribution in [0, 0.1) is 5.92 Å². The van der Waals surface area contributed by atoms with Gasteiger partial charge in [0.05, 0.1) is 6.04 Å². The van der Waals surface area contributed by atoms with Gasteiger partial charge in [-0.1, -0.05) is 43.5 Å². The van der Waals surface area contributed by atoms with E-state index in [0.717, 1.165) is 56.9 Å². The maximum Gasteiger partial charge on any atom is 0.410 e. The van der Waals surface area contributed by atoms with E-state index in [1.165, 1.54) is 17.5 Å². The third-order valence-electron chi connectivity index (χ3n) is 8.93. The molecule has 4 N–H and O–H groups in total. The fourth-order valence-electron chi connectivity index (χ4n) is 6.50. The molecule has 43 heavy (non-hydrogen) atoms. The van der Waals surface area contributed by atoms with Crippen LogP contribution in [0.15, 0.2) is 24.3 Å². The molecule has 2 aliphatic carbocycles. The molecule has 4 rings (SSSR count). The summed E-state index contributed by atoms with van der Waals surface area (Å²) in [6, 6.07) is 5.38. The predicted molar refractivity (Wildman–Crippen MR) is 168 cm³/mol. The van der Waals surface area contributed by atoms with Gasteiger partial charge in [0, 0.05) is 19.6 Å². The van der Waals surface area contributed by atoms with Crippen molar-refractivity contribution in [1.82, 2.24) is 20.4 Å². The molecule has 1 saturated heterocycles. The van der Waals surface area contributed by atoms with Gasteiger partial charge in [0.15, 0.2) is 0 Å². The first-order valence-electron chi connectivity index (χ1n) is 15.6. The Balaban J connectivity index is 0.00000506. The topological polar surface area (TPSA) is 134 Å². The van der Waals surface area contributed by atoms with Crippen LogP contribution in [0.25, 0.3) is 0 Å². The first-order chi connectivity index (χ1) is 19.9. The van der Waals surface area contributed by atoms with Gasteiger partial charge in [-0.3, -0.25) is 19.3 Å². The number of nitrogens with one attached hydrogen (secondary N) is 2. The number of carbonyl (C=O) groups is 4. The van der Waals surface area contributed by atoms with Gasteiger partial charge in [-0.15, -0.1) is 12.4 Å². The van der Waals surface area contributed by atoms with Gasteiger partial charge in [0.1, 0.15) is 23.7 Å². The molecule has 3 aliphatic rings. The number of hydrogen-bond acceptors (Lipinski definition) is 6. The SMILES string of the molecule is CC(C(=O)NC(C(=O)N1CC(N)CC1C(=O)NC1CCCc2ccccc21)C1CCCCC1)N(C)C(=O)OC(C)(C)C.Cl. The van der Waals surface area contributed by atoms with Crippen LogP contribution in [0.5, 0.6) is 0 Å². The monoisotopic (exact) mass is 619 g/mol. The summed E-state index contributed by atoms with van der Waals surface area (Å²) in [6.45, 7) is 7.17. The van der Waals surface area contributed by atoms with Crippen LogP contribution in [0.4, 0.5) is 4.79 Å². The Morgan fingerprint density at radius 2 is 1.72 bits per heavy atom. The smallest absolute Gasteiger partial charge is 0.410 e. The third kappa shape index (κ3) is 8.62. The molecule has 4 amide bonds. The number of nitrogens with zero attached hydrogens (tertiary/aromatic N) is 2. The molecule has 240 valence electrons. The minimum absolute atomic E-state index is 0. The van der Waals surface area contributed by atoms with Gasteiger partial charge < -0.3 is 26.0 Å². The van der Waals surface area contributed by atoms with Crippen LogP contribution in [-0.2, 0) is 25.5 Å². The number of benzene rings is 1. The van der Waals surface area contributed by atoms with Crippen molar-refractivity contribution in [1.29, 1.82) is 0 Å². The van der Waals surface area contributed by atoms with Crippen molar-refractivity contribution in [2.45, 2.75) is 121 Å². The van der Waals surface area contributed by atoms with Crippen molar-refractivity contribution in [3.05, 3.63) is 35.4 Å². The summed E-state index contributed by atoms with van der Waals surface area (Å²) in [4.78, 5) is 56.8. The Morgan fingerprint density at radius 3 is 2.40 bits per heavy atom. The van der Waals surface area contributed by atoms with Crippen LogP contribution in [0.3, 0.4) is 0 Å². The van der Waals surface area contributed by atoms with E-state index >= 15 is 0 Å². The molecular formula is C32H50ClN5O5. The van der Waals surface area contributed by atoms with E-state index in [9.17, 15) is 19.2 Å². The summed E-state index contributed by atoms with van der Waals surface area (Å²) in [5, 5.41) is 6.19. The van der Waals surface area contributed by atoms with E-state index in [0.29, 0.717) is 6.42 Å². The number of rotatable bonds is 7. The highest BCUT2D eigenvalue weighted by Crippen LogP contribution is 2.32. The van der Waals surface area contributed by atoms with Gasteiger partial charge in [0.25, 0.3) is 0 Å². The molecule has 1 aliphatic heterocycles. The molecule has 1 heterocycles. The zero-order valence-corrected chi connectivity index (χ0v) is 27.1. The summed E-state index contributed by atoms with van der Waals surface area (Å²) >= 11 is 0. The number of likely N-dealkylation sites (tertiary alicyclic amines) is 1. The molecule has 1 aromatic carbocycles. The molecule has 5 unspecified atom stereocenters. The van der Waals surface area contributed by atoms with Crippen molar-refractivity contribution >= 4 is 36.2 Å². The van der Waals surface area contributed by atoms with Gasteiger partial charge in [0.2, 0.25) is 17.7 Å². The van der Waals surface area contributed by atoms with E-state index in [2.05, 4.69) is 22.8 Å². The molecule has 10 nitrogen and oxygen atoms in total. The number of halogens is 1. The molecule has 0 bridgehead atoms. The lowest BCUT2D eigenvalue weighted by Gasteiger charge is -2.36. The number of aryl methyl sites for hydroxylation is 1. The van der Waals surface area contributed by atoms with Crippen molar-refractivity contribution < 1.29 is 23.9 Å². The molecular weight excluding hydrogens is 570 g/mol. The van der Waals surface area contributed by atoms with Gasteiger partial charge in [-0.25, -0.2) is 4.79 Å². The lowest BCUT2D eigenvalue weighted by molar-refractivity contribution is -0.143. The Kier molecular flexibility index (Phi) is 11.9. The Morgan fingerprint density at radius 1 is 1.05 bits per heavy atom. The average Bonchev–Trinajstić information content (AvgIpc) is 3.36. The average molecular weight is 620 g/mol. The van der Waals surface area contributed by atoms with Crippen molar-refractivity contribution in [2.24, 2.45) is 11.7 Å². The molecule has 5 atom stereocenters. The highest BCUT2D eigenvalue weighted by molar-refractivity contribution is 5.94. The fourth-order valence-corrected chi connectivity index (χ4v) is 6.50. The Hall–Kier alpha value is -2.85. The van der Waals surface area contributed by atoms with Gasteiger partial charge in [-0.2, -0.15) is 0 Å². The second-order valence-electron chi connectivity index (χ2n) is 13.3. The van der Waals surface area contributed by atoms with Crippen molar-refractivity contribution in [3.63, 3.8) is 0 Å². The Labute approximate surface area is 262 Å². The lowest BCUT2D eigenvalue weighted by atomic mass is 9.83. The number of hydrogen-bond donors (Lipinski definition) is 3. The highest BCUT2D eigenvalue weighted by atomic mass is 35.5. The third-order valence-corrected chi connectivity index (χ3v) is 8.93. The van der Waals surface area contributed by atoms with Gasteiger partial charge in [-0.05, 0) is 83.3 Å². The molecule has 11 heteroatoms. The van der Waals surface area contributed by atoms with E-state index in [-0.39, 0.29) is 48.8 Å². The summed E-state index contributed by atoms with van der Waals surface area (Å²) in [5.41, 5.74) is 8.01. The lowest BCUT2D eigenvalue weighted by Crippen LogP contribution is -2.59. The second-order valence-corrected chi connectivity index (χ2v) is 13.3. The first kappa shape index (κ1) is 34.6. The van der Waals surface area contributed by atoms with Crippen molar-refractivity contribution in [3.8, 4) is 0 Å². The van der Waals surface area contributed by atoms with Gasteiger partial charge >= 0.3 is 6.09 Å². The molecule has 0 spiro atoms. The normalized spacial score (nSPS) is 23.7. The molecule has 0 radical (unpaired) electrons. The molecule has 2 fully saturated rings. The van der Waals surface area contributed by atoms with Crippen LogP contribution in [0.1, 0.15) is 96.2 Å². The Bertz CT molecular complexity index is 1150. The highest BCUT2D eigenvalue weighted by Gasteiger charge is 2.44. The van der Waals surface area contributed by atoms with E-state index in [4.69, 9.17) is 10.5 Å². The summed E-state index contributed by atoms with van der Waals surface area (Å²) < 4.78 is 5.43. The minimum Gasteiger partial charge on any atom is -0.444 e.